The molecule has 31 heavy (non-hydrogen) atoms. The van der Waals surface area contributed by atoms with Crippen molar-refractivity contribution in [2.24, 2.45) is 28.6 Å². The second kappa shape index (κ2) is 6.39. The van der Waals surface area contributed by atoms with E-state index in [2.05, 4.69) is 30.1 Å². The van der Waals surface area contributed by atoms with Gasteiger partial charge in [0.2, 0.25) is 18.6 Å². The zero-order chi connectivity index (χ0) is 21.5. The van der Waals surface area contributed by atoms with Gasteiger partial charge in [-0.2, -0.15) is 0 Å². The lowest BCUT2D eigenvalue weighted by atomic mass is 9.46. The number of fused-ring (bicyclic) bond motifs is 1. The number of nitrogens with one attached hydrogen (secondary N) is 1. The predicted octanol–water partition coefficient (Wildman–Crippen LogP) is 3.66. The summed E-state index contributed by atoms with van der Waals surface area (Å²) in [5.74, 6) is 3.48. The molecule has 166 valence electrons. The molecule has 6 aliphatic rings. The summed E-state index contributed by atoms with van der Waals surface area (Å²) in [7, 11) is 0. The Hall–Kier alpha value is -2.24. The fourth-order valence-electron chi connectivity index (χ4n) is 7.94. The Bertz CT molecular complexity index is 941. The smallest absolute Gasteiger partial charge is 0.231 e. The predicted molar refractivity (Wildman–Crippen MR) is 114 cm³/mol. The molecule has 1 aromatic rings. The lowest BCUT2D eigenvalue weighted by Gasteiger charge is -2.66. The third kappa shape index (κ3) is 2.50. The number of likely N-dealkylation sites (tertiary alicyclic amines) is 1. The van der Waals surface area contributed by atoms with Crippen LogP contribution in [0, 0.1) is 28.6 Å². The molecule has 4 saturated carbocycles. The maximum absolute atomic E-state index is 13.5. The highest BCUT2D eigenvalue weighted by Crippen LogP contribution is 2.65. The monoisotopic (exact) mass is 424 g/mol. The first-order chi connectivity index (χ1) is 14.9. The number of amides is 2. The molecule has 1 saturated heterocycles. The van der Waals surface area contributed by atoms with Gasteiger partial charge in [0.15, 0.2) is 11.5 Å². The van der Waals surface area contributed by atoms with Crippen LogP contribution in [0.2, 0.25) is 0 Å². The van der Waals surface area contributed by atoms with Gasteiger partial charge in [-0.05, 0) is 76.7 Å². The van der Waals surface area contributed by atoms with Crippen molar-refractivity contribution in [1.82, 2.24) is 10.2 Å². The molecule has 2 heterocycles. The van der Waals surface area contributed by atoms with Crippen LogP contribution in [0.5, 0.6) is 11.5 Å². The average molecular weight is 425 g/mol. The minimum Gasteiger partial charge on any atom is -0.454 e. The SMILES string of the molecule is CCNC(=O)[C@]12CC3CC(C1)[C@@H](N1C(=O)C(C)(C)C1c1cccc4c1OCO4)[C@@H](C3)C2. The Morgan fingerprint density at radius 2 is 1.90 bits per heavy atom. The van der Waals surface area contributed by atoms with Crippen LogP contribution in [0.1, 0.15) is 64.5 Å². The van der Waals surface area contributed by atoms with E-state index in [1.54, 1.807) is 0 Å². The first-order valence-corrected chi connectivity index (χ1v) is 11.9. The molecule has 1 aromatic carbocycles. The zero-order valence-corrected chi connectivity index (χ0v) is 18.6. The van der Waals surface area contributed by atoms with Gasteiger partial charge in [0.1, 0.15) is 0 Å². The normalized spacial score (nSPS) is 38.9. The highest BCUT2D eigenvalue weighted by atomic mass is 16.7. The lowest BCUT2D eigenvalue weighted by Crippen LogP contribution is -2.71. The van der Waals surface area contributed by atoms with Gasteiger partial charge in [0.05, 0.1) is 16.9 Å². The molecule has 0 spiro atoms. The number of benzene rings is 1. The van der Waals surface area contributed by atoms with Gasteiger partial charge in [-0.25, -0.2) is 0 Å². The molecule has 4 bridgehead atoms. The molecule has 7 rings (SSSR count). The second-order valence-electron chi connectivity index (χ2n) is 11.0. The Morgan fingerprint density at radius 1 is 1.16 bits per heavy atom. The van der Waals surface area contributed by atoms with Crippen molar-refractivity contribution >= 4 is 11.8 Å². The van der Waals surface area contributed by atoms with Gasteiger partial charge in [-0.3, -0.25) is 9.59 Å². The molecule has 6 heteroatoms. The zero-order valence-electron chi connectivity index (χ0n) is 18.6. The number of ether oxygens (including phenoxy) is 2. The van der Waals surface area contributed by atoms with Crippen LogP contribution in [-0.4, -0.2) is 36.1 Å². The highest BCUT2D eigenvalue weighted by Gasteiger charge is 2.66. The van der Waals surface area contributed by atoms with Crippen molar-refractivity contribution in [1.29, 1.82) is 0 Å². The average Bonchev–Trinajstić information content (AvgIpc) is 3.21. The fourth-order valence-corrected chi connectivity index (χ4v) is 7.94. The first kappa shape index (κ1) is 19.4. The highest BCUT2D eigenvalue weighted by molar-refractivity contribution is 5.91. The molecule has 5 fully saturated rings. The van der Waals surface area contributed by atoms with Crippen LogP contribution in [0.25, 0.3) is 0 Å². The van der Waals surface area contributed by atoms with Gasteiger partial charge in [-0.1, -0.05) is 12.1 Å². The summed E-state index contributed by atoms with van der Waals surface area (Å²) in [6.45, 7) is 7.03. The summed E-state index contributed by atoms with van der Waals surface area (Å²) in [5, 5.41) is 3.11. The maximum Gasteiger partial charge on any atom is 0.231 e. The molecule has 1 N–H and O–H groups in total. The second-order valence-corrected chi connectivity index (χ2v) is 11.0. The van der Waals surface area contributed by atoms with Gasteiger partial charge >= 0.3 is 0 Å². The Balaban J connectivity index is 1.35. The van der Waals surface area contributed by atoms with Crippen LogP contribution in [-0.2, 0) is 9.59 Å². The Labute approximate surface area is 183 Å². The van der Waals surface area contributed by atoms with Crippen molar-refractivity contribution in [2.45, 2.75) is 65.0 Å². The van der Waals surface area contributed by atoms with E-state index in [9.17, 15) is 9.59 Å². The number of para-hydroxylation sites is 1. The Kier molecular flexibility index (Phi) is 4.01. The molecular weight excluding hydrogens is 392 g/mol. The van der Waals surface area contributed by atoms with E-state index in [4.69, 9.17) is 9.47 Å². The topological polar surface area (TPSA) is 67.9 Å². The van der Waals surface area contributed by atoms with Crippen molar-refractivity contribution in [3.63, 3.8) is 0 Å². The van der Waals surface area contributed by atoms with Gasteiger partial charge in [-0.15, -0.1) is 0 Å². The molecule has 0 radical (unpaired) electrons. The van der Waals surface area contributed by atoms with Crippen molar-refractivity contribution in [2.75, 3.05) is 13.3 Å². The minimum absolute atomic E-state index is 0.0143. The molecular formula is C25H32N2O4. The largest absolute Gasteiger partial charge is 0.454 e. The van der Waals surface area contributed by atoms with Crippen LogP contribution in [0.15, 0.2) is 18.2 Å². The molecule has 2 aliphatic heterocycles. The summed E-state index contributed by atoms with van der Waals surface area (Å²) in [4.78, 5) is 28.7. The van der Waals surface area contributed by atoms with Crippen LogP contribution >= 0.6 is 0 Å². The third-order valence-electron chi connectivity index (χ3n) is 8.83. The van der Waals surface area contributed by atoms with E-state index >= 15 is 0 Å². The van der Waals surface area contributed by atoms with Crippen LogP contribution in [0.4, 0.5) is 0 Å². The summed E-state index contributed by atoms with van der Waals surface area (Å²) >= 11 is 0. The number of hydrogen-bond acceptors (Lipinski definition) is 4. The van der Waals surface area contributed by atoms with E-state index < -0.39 is 5.41 Å². The number of hydrogen-bond donors (Lipinski definition) is 1. The lowest BCUT2D eigenvalue weighted by molar-refractivity contribution is -0.199. The van der Waals surface area contributed by atoms with Gasteiger partial charge in [0.25, 0.3) is 0 Å². The van der Waals surface area contributed by atoms with Crippen LogP contribution < -0.4 is 14.8 Å². The van der Waals surface area contributed by atoms with Crippen molar-refractivity contribution in [3.05, 3.63) is 23.8 Å². The van der Waals surface area contributed by atoms with E-state index in [0.29, 0.717) is 24.3 Å². The molecule has 6 nitrogen and oxygen atoms in total. The van der Waals surface area contributed by atoms with Gasteiger partial charge in [0, 0.05) is 18.2 Å². The molecule has 6 atom stereocenters. The van der Waals surface area contributed by atoms with E-state index in [-0.39, 0.29) is 36.1 Å². The number of β-lactam (4-membered cyclic amide) rings is 1. The third-order valence-corrected chi connectivity index (χ3v) is 8.83. The van der Waals surface area contributed by atoms with Gasteiger partial charge < -0.3 is 19.7 Å². The van der Waals surface area contributed by atoms with E-state index in [1.807, 2.05) is 19.1 Å². The Morgan fingerprint density at radius 3 is 2.61 bits per heavy atom. The summed E-state index contributed by atoms with van der Waals surface area (Å²) in [6.07, 6.45) is 5.15. The number of carbonyl (C=O) groups excluding carboxylic acids is 2. The van der Waals surface area contributed by atoms with Crippen LogP contribution in [0.3, 0.4) is 0 Å². The maximum atomic E-state index is 13.5. The molecule has 3 unspecified atom stereocenters. The molecule has 4 aliphatic carbocycles. The number of carbonyl (C=O) groups is 2. The number of rotatable bonds is 4. The van der Waals surface area contributed by atoms with Crippen molar-refractivity contribution in [3.8, 4) is 11.5 Å². The molecule has 2 amide bonds. The number of nitrogens with zero attached hydrogens (tertiary/aromatic N) is 1. The fraction of sp³-hybridized carbons (Fsp3) is 0.680. The van der Waals surface area contributed by atoms with E-state index in [0.717, 1.165) is 49.2 Å². The minimum atomic E-state index is -0.465. The first-order valence-electron chi connectivity index (χ1n) is 11.9. The van der Waals surface area contributed by atoms with E-state index in [1.165, 1.54) is 0 Å². The van der Waals surface area contributed by atoms with Crippen molar-refractivity contribution < 1.29 is 19.1 Å². The standard InChI is InChI=1S/C25H32N2O4/c1-4-26-22(28)25-10-14-8-15(11-25)19(16(9-14)12-25)27-21(24(2,3)23(27)29)17-6-5-7-18-20(17)31-13-30-18/h5-7,14-16,19,21H,4,8-13H2,1-3H3,(H,26,28)/t14?,15-,16?,19-,21?,25-/m0/s1. The quantitative estimate of drug-likeness (QED) is 0.749. The summed E-state index contributed by atoms with van der Waals surface area (Å²) < 4.78 is 11.5. The summed E-state index contributed by atoms with van der Waals surface area (Å²) in [6, 6.07) is 6.23. The molecule has 0 aromatic heterocycles. The summed E-state index contributed by atoms with van der Waals surface area (Å²) in [5.41, 5.74) is 0.381.